The summed E-state index contributed by atoms with van der Waals surface area (Å²) in [5.74, 6) is 0.401. The molecule has 0 aliphatic heterocycles. The number of aryl methyl sites for hydroxylation is 1. The standard InChI is InChI=1S/C14H24N2O2S.ClH/c1-4-12-6-5-7-14(9-12)19(17,18)16-13(10-15)8-11(2)3;/h5-7,9,11,13,16H,4,8,10,15H2,1-3H3;1H. The van der Waals surface area contributed by atoms with Crippen molar-refractivity contribution in [3.05, 3.63) is 29.8 Å². The average molecular weight is 321 g/mol. The minimum absolute atomic E-state index is 0. The smallest absolute Gasteiger partial charge is 0.240 e. The van der Waals surface area contributed by atoms with E-state index < -0.39 is 10.0 Å². The van der Waals surface area contributed by atoms with Crippen LogP contribution in [0.1, 0.15) is 32.8 Å². The van der Waals surface area contributed by atoms with Crippen molar-refractivity contribution in [2.45, 2.75) is 44.6 Å². The van der Waals surface area contributed by atoms with Gasteiger partial charge in [-0.25, -0.2) is 13.1 Å². The van der Waals surface area contributed by atoms with Crippen LogP contribution < -0.4 is 10.5 Å². The lowest BCUT2D eigenvalue weighted by Crippen LogP contribution is -2.40. The third-order valence-corrected chi connectivity index (χ3v) is 4.50. The van der Waals surface area contributed by atoms with Crippen LogP contribution in [0.5, 0.6) is 0 Å². The van der Waals surface area contributed by atoms with Gasteiger partial charge in [-0.05, 0) is 36.5 Å². The first-order valence-corrected chi connectivity index (χ1v) is 8.18. The van der Waals surface area contributed by atoms with Gasteiger partial charge in [-0.15, -0.1) is 12.4 Å². The lowest BCUT2D eigenvalue weighted by Gasteiger charge is -2.19. The molecule has 116 valence electrons. The molecule has 0 bridgehead atoms. The Labute approximate surface area is 128 Å². The second kappa shape index (κ2) is 8.62. The molecule has 1 unspecified atom stereocenters. The van der Waals surface area contributed by atoms with E-state index in [0.29, 0.717) is 17.4 Å². The number of nitrogens with two attached hydrogens (primary N) is 1. The molecule has 0 heterocycles. The van der Waals surface area contributed by atoms with E-state index in [-0.39, 0.29) is 18.4 Å². The molecule has 1 aromatic rings. The van der Waals surface area contributed by atoms with Gasteiger partial charge in [0.25, 0.3) is 0 Å². The van der Waals surface area contributed by atoms with Crippen LogP contribution in [-0.2, 0) is 16.4 Å². The van der Waals surface area contributed by atoms with Crippen molar-refractivity contribution in [2.24, 2.45) is 11.7 Å². The van der Waals surface area contributed by atoms with E-state index in [4.69, 9.17) is 5.73 Å². The Morgan fingerprint density at radius 3 is 2.45 bits per heavy atom. The van der Waals surface area contributed by atoms with E-state index >= 15 is 0 Å². The van der Waals surface area contributed by atoms with Gasteiger partial charge in [0.05, 0.1) is 4.90 Å². The number of benzene rings is 1. The summed E-state index contributed by atoms with van der Waals surface area (Å²) in [5.41, 5.74) is 6.65. The average Bonchev–Trinajstić information content (AvgIpc) is 2.37. The van der Waals surface area contributed by atoms with Crippen LogP contribution in [0.4, 0.5) is 0 Å². The molecule has 0 aliphatic carbocycles. The van der Waals surface area contributed by atoms with Gasteiger partial charge in [-0.1, -0.05) is 32.9 Å². The number of sulfonamides is 1. The molecular formula is C14H25ClN2O2S. The summed E-state index contributed by atoms with van der Waals surface area (Å²) in [6.45, 7) is 6.41. The Hall–Kier alpha value is -0.620. The zero-order valence-electron chi connectivity index (χ0n) is 12.3. The van der Waals surface area contributed by atoms with Gasteiger partial charge >= 0.3 is 0 Å². The van der Waals surface area contributed by atoms with E-state index in [9.17, 15) is 8.42 Å². The highest BCUT2D eigenvalue weighted by atomic mass is 35.5. The van der Waals surface area contributed by atoms with Gasteiger partial charge in [-0.3, -0.25) is 0 Å². The fourth-order valence-corrected chi connectivity index (χ4v) is 3.31. The molecule has 4 nitrogen and oxygen atoms in total. The molecule has 1 rings (SSSR count). The van der Waals surface area contributed by atoms with Crippen molar-refractivity contribution in [1.82, 2.24) is 4.72 Å². The van der Waals surface area contributed by atoms with Crippen LogP contribution >= 0.6 is 12.4 Å². The topological polar surface area (TPSA) is 72.2 Å². The predicted octanol–water partition coefficient (Wildman–Crippen LogP) is 2.32. The van der Waals surface area contributed by atoms with Gasteiger partial charge in [0.1, 0.15) is 0 Å². The monoisotopic (exact) mass is 320 g/mol. The molecule has 0 fully saturated rings. The lowest BCUT2D eigenvalue weighted by atomic mass is 10.1. The number of hydrogen-bond acceptors (Lipinski definition) is 3. The highest BCUT2D eigenvalue weighted by molar-refractivity contribution is 7.89. The van der Waals surface area contributed by atoms with E-state index in [1.54, 1.807) is 18.2 Å². The number of hydrogen-bond donors (Lipinski definition) is 2. The molecule has 0 amide bonds. The predicted molar refractivity (Wildman–Crippen MR) is 85.7 cm³/mol. The maximum Gasteiger partial charge on any atom is 0.240 e. The minimum atomic E-state index is -3.48. The third kappa shape index (κ3) is 5.79. The van der Waals surface area contributed by atoms with Crippen LogP contribution in [0, 0.1) is 5.92 Å². The Morgan fingerprint density at radius 1 is 1.30 bits per heavy atom. The van der Waals surface area contributed by atoms with E-state index in [2.05, 4.69) is 18.6 Å². The first-order chi connectivity index (χ1) is 8.89. The molecule has 20 heavy (non-hydrogen) atoms. The van der Waals surface area contributed by atoms with Crippen LogP contribution in [0.2, 0.25) is 0 Å². The molecule has 0 saturated carbocycles. The van der Waals surface area contributed by atoms with E-state index in [0.717, 1.165) is 18.4 Å². The second-order valence-corrected chi connectivity index (χ2v) is 6.90. The summed E-state index contributed by atoms with van der Waals surface area (Å²) in [7, 11) is -3.48. The summed E-state index contributed by atoms with van der Waals surface area (Å²) in [6, 6.07) is 6.81. The summed E-state index contributed by atoms with van der Waals surface area (Å²) in [5, 5.41) is 0. The first kappa shape index (κ1) is 19.4. The first-order valence-electron chi connectivity index (χ1n) is 6.70. The maximum atomic E-state index is 12.3. The maximum absolute atomic E-state index is 12.3. The van der Waals surface area contributed by atoms with Crippen LogP contribution in [0.25, 0.3) is 0 Å². The zero-order valence-corrected chi connectivity index (χ0v) is 13.9. The van der Waals surface area contributed by atoms with Crippen LogP contribution in [0.15, 0.2) is 29.2 Å². The Bertz CT molecular complexity index is 504. The van der Waals surface area contributed by atoms with Crippen molar-refractivity contribution in [1.29, 1.82) is 0 Å². The van der Waals surface area contributed by atoms with Gasteiger partial charge in [0, 0.05) is 12.6 Å². The van der Waals surface area contributed by atoms with Gasteiger partial charge in [0.15, 0.2) is 0 Å². The Morgan fingerprint density at radius 2 is 1.95 bits per heavy atom. The Kier molecular flexibility index (Phi) is 8.35. The van der Waals surface area contributed by atoms with Crippen molar-refractivity contribution < 1.29 is 8.42 Å². The van der Waals surface area contributed by atoms with Crippen molar-refractivity contribution >= 4 is 22.4 Å². The summed E-state index contributed by atoms with van der Waals surface area (Å²) in [6.07, 6.45) is 1.55. The Balaban J connectivity index is 0.00000361. The van der Waals surface area contributed by atoms with Crippen LogP contribution in [-0.4, -0.2) is 21.0 Å². The number of rotatable bonds is 7. The molecule has 0 saturated heterocycles. The van der Waals surface area contributed by atoms with Crippen LogP contribution in [0.3, 0.4) is 0 Å². The van der Waals surface area contributed by atoms with Crippen molar-refractivity contribution in [2.75, 3.05) is 6.54 Å². The van der Waals surface area contributed by atoms with Gasteiger partial charge < -0.3 is 5.73 Å². The number of halogens is 1. The quantitative estimate of drug-likeness (QED) is 0.810. The van der Waals surface area contributed by atoms with Crippen molar-refractivity contribution in [3.63, 3.8) is 0 Å². The molecule has 1 aromatic carbocycles. The zero-order chi connectivity index (χ0) is 14.5. The van der Waals surface area contributed by atoms with Gasteiger partial charge in [0.2, 0.25) is 10.0 Å². The molecule has 3 N–H and O–H groups in total. The highest BCUT2D eigenvalue weighted by Crippen LogP contribution is 2.14. The molecular weight excluding hydrogens is 296 g/mol. The fraction of sp³-hybridized carbons (Fsp3) is 0.571. The lowest BCUT2D eigenvalue weighted by molar-refractivity contribution is 0.465. The van der Waals surface area contributed by atoms with E-state index in [1.807, 2.05) is 13.0 Å². The summed E-state index contributed by atoms with van der Waals surface area (Å²) in [4.78, 5) is 0.314. The highest BCUT2D eigenvalue weighted by Gasteiger charge is 2.20. The van der Waals surface area contributed by atoms with E-state index in [1.165, 1.54) is 0 Å². The summed E-state index contributed by atoms with van der Waals surface area (Å²) < 4.78 is 27.3. The molecule has 0 aliphatic rings. The molecule has 0 radical (unpaired) electrons. The molecule has 0 spiro atoms. The SMILES string of the molecule is CCc1cccc(S(=O)(=O)NC(CN)CC(C)C)c1.Cl. The minimum Gasteiger partial charge on any atom is -0.329 e. The molecule has 0 aromatic heterocycles. The summed E-state index contributed by atoms with van der Waals surface area (Å²) >= 11 is 0. The molecule has 6 heteroatoms. The second-order valence-electron chi connectivity index (χ2n) is 5.18. The molecule has 1 atom stereocenters. The normalized spacial score (nSPS) is 13.1. The van der Waals surface area contributed by atoms with Crippen molar-refractivity contribution in [3.8, 4) is 0 Å². The number of nitrogens with one attached hydrogen (secondary N) is 1. The van der Waals surface area contributed by atoms with Gasteiger partial charge in [-0.2, -0.15) is 0 Å². The fourth-order valence-electron chi connectivity index (χ4n) is 1.98. The largest absolute Gasteiger partial charge is 0.329 e. The third-order valence-electron chi connectivity index (χ3n) is 2.98.